The third-order valence-corrected chi connectivity index (χ3v) is 4.21. The average molecular weight is 373 g/mol. The molecule has 134 valence electrons. The van der Waals surface area contributed by atoms with Crippen LogP contribution in [0.2, 0.25) is 10.0 Å². The van der Waals surface area contributed by atoms with Crippen LogP contribution < -0.4 is 5.32 Å². The average Bonchev–Trinajstić information content (AvgIpc) is 2.46. The molecule has 0 aliphatic rings. The van der Waals surface area contributed by atoms with Crippen molar-refractivity contribution in [1.82, 2.24) is 10.2 Å². The molecule has 2 amide bonds. The van der Waals surface area contributed by atoms with Gasteiger partial charge in [0.25, 0.3) is 0 Å². The quantitative estimate of drug-likeness (QED) is 0.802. The SMILES string of the molecule is CCCC(=O)N(Cc1ccc(Cl)c(Cl)c1)[C@@H](C)C(=O)NC(C)(C)C. The molecule has 0 aliphatic heterocycles. The Morgan fingerprint density at radius 1 is 1.21 bits per heavy atom. The van der Waals surface area contributed by atoms with Gasteiger partial charge in [0.1, 0.15) is 6.04 Å². The lowest BCUT2D eigenvalue weighted by Crippen LogP contribution is -2.52. The minimum absolute atomic E-state index is 0.0554. The number of amides is 2. The number of carbonyl (C=O) groups is 2. The topological polar surface area (TPSA) is 49.4 Å². The number of carbonyl (C=O) groups excluding carboxylic acids is 2. The van der Waals surface area contributed by atoms with Crippen LogP contribution in [0, 0.1) is 0 Å². The zero-order chi connectivity index (χ0) is 18.5. The van der Waals surface area contributed by atoms with Crippen LogP contribution in [0.5, 0.6) is 0 Å². The van der Waals surface area contributed by atoms with Gasteiger partial charge in [-0.25, -0.2) is 0 Å². The summed E-state index contributed by atoms with van der Waals surface area (Å²) in [4.78, 5) is 26.6. The van der Waals surface area contributed by atoms with Gasteiger partial charge in [0.05, 0.1) is 10.0 Å². The van der Waals surface area contributed by atoms with E-state index in [4.69, 9.17) is 23.2 Å². The lowest BCUT2D eigenvalue weighted by molar-refractivity contribution is -0.141. The van der Waals surface area contributed by atoms with E-state index in [2.05, 4.69) is 5.32 Å². The van der Waals surface area contributed by atoms with Gasteiger partial charge in [0.15, 0.2) is 0 Å². The van der Waals surface area contributed by atoms with Crippen molar-refractivity contribution in [3.63, 3.8) is 0 Å². The van der Waals surface area contributed by atoms with Crippen molar-refractivity contribution in [2.45, 2.75) is 65.6 Å². The minimum atomic E-state index is -0.572. The van der Waals surface area contributed by atoms with E-state index in [1.165, 1.54) is 0 Å². The Morgan fingerprint density at radius 3 is 2.33 bits per heavy atom. The maximum absolute atomic E-state index is 12.5. The fourth-order valence-electron chi connectivity index (χ4n) is 2.25. The van der Waals surface area contributed by atoms with Crippen molar-refractivity contribution in [3.8, 4) is 0 Å². The summed E-state index contributed by atoms with van der Waals surface area (Å²) in [6, 6.07) is 4.67. The summed E-state index contributed by atoms with van der Waals surface area (Å²) in [7, 11) is 0. The van der Waals surface area contributed by atoms with Gasteiger partial charge in [0.2, 0.25) is 11.8 Å². The Kier molecular flexibility index (Phi) is 7.56. The predicted molar refractivity (Wildman–Crippen MR) is 99.3 cm³/mol. The summed E-state index contributed by atoms with van der Waals surface area (Å²) >= 11 is 12.0. The number of hydrogen-bond donors (Lipinski definition) is 1. The first kappa shape index (κ1) is 20.8. The molecular weight excluding hydrogens is 347 g/mol. The standard InChI is InChI=1S/C18H26Cl2N2O2/c1-6-7-16(23)22(12(2)17(24)21-18(3,4)5)11-13-8-9-14(19)15(20)10-13/h8-10,12H,6-7,11H2,1-5H3,(H,21,24)/t12-/m0/s1. The molecule has 6 heteroatoms. The highest BCUT2D eigenvalue weighted by atomic mass is 35.5. The van der Waals surface area contributed by atoms with Crippen molar-refractivity contribution in [1.29, 1.82) is 0 Å². The Bertz CT molecular complexity index is 597. The van der Waals surface area contributed by atoms with Crippen LogP contribution in [0.1, 0.15) is 53.0 Å². The predicted octanol–water partition coefficient (Wildman–Crippen LogP) is 4.43. The Balaban J connectivity index is 3.00. The number of hydrogen-bond acceptors (Lipinski definition) is 2. The summed E-state index contributed by atoms with van der Waals surface area (Å²) < 4.78 is 0. The largest absolute Gasteiger partial charge is 0.350 e. The molecule has 0 fully saturated rings. The maximum atomic E-state index is 12.5. The summed E-state index contributed by atoms with van der Waals surface area (Å²) in [6.45, 7) is 9.73. The second-order valence-electron chi connectivity index (χ2n) is 6.94. The molecule has 0 saturated heterocycles. The first-order chi connectivity index (χ1) is 11.0. The molecule has 1 aromatic carbocycles. The molecule has 1 N–H and O–H groups in total. The fraction of sp³-hybridized carbons (Fsp3) is 0.556. The summed E-state index contributed by atoms with van der Waals surface area (Å²) in [5, 5.41) is 3.82. The number of halogens is 2. The molecule has 1 aromatic rings. The molecule has 0 unspecified atom stereocenters. The summed E-state index contributed by atoms with van der Waals surface area (Å²) in [6.07, 6.45) is 1.12. The molecule has 0 bridgehead atoms. The number of nitrogens with one attached hydrogen (secondary N) is 1. The highest BCUT2D eigenvalue weighted by Crippen LogP contribution is 2.24. The maximum Gasteiger partial charge on any atom is 0.242 e. The van der Waals surface area contributed by atoms with Crippen LogP contribution in [0.15, 0.2) is 18.2 Å². The Hall–Kier alpha value is -1.26. The molecule has 0 aromatic heterocycles. The van der Waals surface area contributed by atoms with E-state index < -0.39 is 6.04 Å². The summed E-state index contributed by atoms with van der Waals surface area (Å²) in [5.74, 6) is -0.229. The van der Waals surface area contributed by atoms with E-state index >= 15 is 0 Å². The smallest absolute Gasteiger partial charge is 0.242 e. The third-order valence-electron chi connectivity index (χ3n) is 3.47. The van der Waals surface area contributed by atoms with Crippen LogP contribution in [-0.4, -0.2) is 28.3 Å². The van der Waals surface area contributed by atoms with Crippen molar-refractivity contribution >= 4 is 35.0 Å². The molecule has 0 heterocycles. The molecule has 0 saturated carbocycles. The molecule has 4 nitrogen and oxygen atoms in total. The fourth-order valence-corrected chi connectivity index (χ4v) is 2.57. The monoisotopic (exact) mass is 372 g/mol. The van der Waals surface area contributed by atoms with Crippen LogP contribution in [0.25, 0.3) is 0 Å². The highest BCUT2D eigenvalue weighted by molar-refractivity contribution is 6.42. The summed E-state index contributed by atoms with van der Waals surface area (Å²) in [5.41, 5.74) is 0.484. The van der Waals surface area contributed by atoms with E-state index in [9.17, 15) is 9.59 Å². The van der Waals surface area contributed by atoms with E-state index in [-0.39, 0.29) is 17.4 Å². The molecule has 0 aliphatic carbocycles. The van der Waals surface area contributed by atoms with Gasteiger partial charge in [0, 0.05) is 18.5 Å². The first-order valence-corrected chi connectivity index (χ1v) is 8.86. The van der Waals surface area contributed by atoms with Crippen molar-refractivity contribution in [2.24, 2.45) is 0 Å². The number of benzene rings is 1. The van der Waals surface area contributed by atoms with Crippen LogP contribution in [0.4, 0.5) is 0 Å². The zero-order valence-electron chi connectivity index (χ0n) is 15.0. The van der Waals surface area contributed by atoms with Gasteiger partial charge in [-0.2, -0.15) is 0 Å². The number of rotatable bonds is 6. The zero-order valence-corrected chi connectivity index (χ0v) is 16.5. The highest BCUT2D eigenvalue weighted by Gasteiger charge is 2.27. The molecular formula is C18H26Cl2N2O2. The van der Waals surface area contributed by atoms with Crippen LogP contribution in [0.3, 0.4) is 0 Å². The minimum Gasteiger partial charge on any atom is -0.350 e. The van der Waals surface area contributed by atoms with Crippen LogP contribution >= 0.6 is 23.2 Å². The third kappa shape index (κ3) is 6.33. The molecule has 1 atom stereocenters. The Morgan fingerprint density at radius 2 is 1.83 bits per heavy atom. The van der Waals surface area contributed by atoms with Gasteiger partial charge in [-0.05, 0) is 51.8 Å². The first-order valence-electron chi connectivity index (χ1n) is 8.10. The lowest BCUT2D eigenvalue weighted by atomic mass is 10.1. The normalized spacial score (nSPS) is 12.6. The second-order valence-corrected chi connectivity index (χ2v) is 7.75. The number of nitrogens with zero attached hydrogens (tertiary/aromatic N) is 1. The van der Waals surface area contributed by atoms with E-state index in [1.807, 2.05) is 33.8 Å². The lowest BCUT2D eigenvalue weighted by Gasteiger charge is -2.31. The van der Waals surface area contributed by atoms with Crippen molar-refractivity contribution < 1.29 is 9.59 Å². The van der Waals surface area contributed by atoms with Gasteiger partial charge in [-0.3, -0.25) is 9.59 Å². The Labute approximate surface area is 154 Å². The van der Waals surface area contributed by atoms with Gasteiger partial charge in [-0.15, -0.1) is 0 Å². The van der Waals surface area contributed by atoms with Gasteiger partial charge >= 0.3 is 0 Å². The molecule has 24 heavy (non-hydrogen) atoms. The van der Waals surface area contributed by atoms with E-state index in [1.54, 1.807) is 24.0 Å². The van der Waals surface area contributed by atoms with E-state index in [0.717, 1.165) is 12.0 Å². The van der Waals surface area contributed by atoms with Gasteiger partial charge in [-0.1, -0.05) is 36.2 Å². The molecule has 0 radical (unpaired) electrons. The van der Waals surface area contributed by atoms with Crippen molar-refractivity contribution in [2.75, 3.05) is 0 Å². The second kappa shape index (κ2) is 8.72. The molecule has 1 rings (SSSR count). The van der Waals surface area contributed by atoms with Gasteiger partial charge < -0.3 is 10.2 Å². The van der Waals surface area contributed by atoms with Crippen LogP contribution in [-0.2, 0) is 16.1 Å². The van der Waals surface area contributed by atoms with Crippen molar-refractivity contribution in [3.05, 3.63) is 33.8 Å². The van der Waals surface area contributed by atoms with E-state index in [0.29, 0.717) is 23.0 Å². The molecule has 0 spiro atoms.